The number of carbonyl (C=O) groups is 3. The molecule has 2 unspecified atom stereocenters. The summed E-state index contributed by atoms with van der Waals surface area (Å²) in [5.74, 6) is -0.949. The number of rotatable bonds is 9. The zero-order chi connectivity index (χ0) is 27.9. The molecule has 2 aromatic rings. The van der Waals surface area contributed by atoms with Crippen molar-refractivity contribution in [2.75, 3.05) is 38.6 Å². The van der Waals surface area contributed by atoms with Crippen molar-refractivity contribution in [2.45, 2.75) is 52.1 Å². The fraction of sp³-hybridized carbons (Fsp3) is 0.433. The molecular weight excluding hydrogens is 498 g/mol. The van der Waals surface area contributed by atoms with Crippen molar-refractivity contribution < 1.29 is 28.6 Å². The van der Waals surface area contributed by atoms with Crippen molar-refractivity contribution in [1.82, 2.24) is 9.80 Å². The monoisotopic (exact) mass is 535 g/mol. The third kappa shape index (κ3) is 6.42. The number of nitrogens with zero attached hydrogens (tertiary/aromatic N) is 2. The average Bonchev–Trinajstić information content (AvgIpc) is 2.94. The number of carbonyl (C=O) groups excluding carboxylic acids is 3. The predicted octanol–water partition coefficient (Wildman–Crippen LogP) is 4.59. The highest BCUT2D eigenvalue weighted by molar-refractivity contribution is 6.03. The largest absolute Gasteiger partial charge is 0.497 e. The number of amides is 1. The highest BCUT2D eigenvalue weighted by Gasteiger charge is 2.32. The van der Waals surface area contributed by atoms with E-state index in [1.54, 1.807) is 24.1 Å². The fourth-order valence-electron chi connectivity index (χ4n) is 5.25. The van der Waals surface area contributed by atoms with Gasteiger partial charge in [0.15, 0.2) is 11.5 Å². The minimum atomic E-state index is -0.746. The highest BCUT2D eigenvalue weighted by atomic mass is 16.6. The van der Waals surface area contributed by atoms with Gasteiger partial charge < -0.3 is 24.4 Å². The number of ether oxygens (including phenoxy) is 3. The summed E-state index contributed by atoms with van der Waals surface area (Å²) in [6, 6.07) is 11.7. The molecule has 4 rings (SSSR count). The van der Waals surface area contributed by atoms with Crippen LogP contribution in [-0.2, 0) is 9.59 Å². The maximum Gasteiger partial charge on any atom is 0.336 e. The minimum absolute atomic E-state index is 0.0399. The summed E-state index contributed by atoms with van der Waals surface area (Å²) < 4.78 is 16.7. The first-order chi connectivity index (χ1) is 18.9. The first-order valence-electron chi connectivity index (χ1n) is 13.6. The first-order valence-corrected chi connectivity index (χ1v) is 13.6. The van der Waals surface area contributed by atoms with Crippen molar-refractivity contribution >= 4 is 23.5 Å². The Balaban J connectivity index is 1.68. The van der Waals surface area contributed by atoms with Crippen LogP contribution in [-0.4, -0.2) is 67.0 Å². The summed E-state index contributed by atoms with van der Waals surface area (Å²) in [6.45, 7) is 8.76. The van der Waals surface area contributed by atoms with Gasteiger partial charge in [0.05, 0.1) is 18.4 Å². The van der Waals surface area contributed by atoms with Gasteiger partial charge in [-0.3, -0.25) is 9.69 Å². The second kappa shape index (κ2) is 12.8. The molecule has 9 heteroatoms. The lowest BCUT2D eigenvalue weighted by atomic mass is 9.91. The average molecular weight is 536 g/mol. The number of likely N-dealkylation sites (tertiary alicyclic amines) is 1. The van der Waals surface area contributed by atoms with E-state index in [0.29, 0.717) is 18.8 Å². The standard InChI is InChI=1S/C30H37N3O6/c1-5-16-33-17-15-21(19-25(33)20-9-8-10-22(18-20)37-4)31-24-12-11-23(30(36)32(6-2)7-3)28-29(24)39-27(35)14-13-26(34)38-28/h8-14,18,21,25,31H,5-7,15-17,19H2,1-4H3/b14-13+. The van der Waals surface area contributed by atoms with Crippen LogP contribution >= 0.6 is 0 Å². The number of anilines is 1. The summed E-state index contributed by atoms with van der Waals surface area (Å²) in [7, 11) is 1.67. The van der Waals surface area contributed by atoms with Gasteiger partial charge in [0.25, 0.3) is 5.91 Å². The van der Waals surface area contributed by atoms with Crippen LogP contribution in [0.25, 0.3) is 0 Å². The van der Waals surface area contributed by atoms with E-state index in [9.17, 15) is 14.4 Å². The molecule has 0 spiro atoms. The molecule has 0 aromatic heterocycles. The van der Waals surface area contributed by atoms with Gasteiger partial charge in [-0.05, 0) is 69.5 Å². The molecule has 0 saturated carbocycles. The zero-order valence-corrected chi connectivity index (χ0v) is 23.1. The van der Waals surface area contributed by atoms with E-state index in [-0.39, 0.29) is 35.1 Å². The molecule has 2 aliphatic heterocycles. The number of benzene rings is 2. The van der Waals surface area contributed by atoms with Gasteiger partial charge in [0.2, 0.25) is 0 Å². The van der Waals surface area contributed by atoms with Crippen LogP contribution in [0.4, 0.5) is 5.69 Å². The summed E-state index contributed by atoms with van der Waals surface area (Å²) in [5, 5.41) is 3.53. The molecule has 39 heavy (non-hydrogen) atoms. The van der Waals surface area contributed by atoms with E-state index >= 15 is 0 Å². The molecular formula is C30H37N3O6. The second-order valence-electron chi connectivity index (χ2n) is 9.67. The van der Waals surface area contributed by atoms with Crippen LogP contribution in [0.5, 0.6) is 17.2 Å². The molecule has 9 nitrogen and oxygen atoms in total. The van der Waals surface area contributed by atoms with E-state index in [0.717, 1.165) is 50.3 Å². The van der Waals surface area contributed by atoms with E-state index in [1.165, 1.54) is 5.56 Å². The molecule has 2 atom stereocenters. The molecule has 1 amide bonds. The number of hydrogen-bond acceptors (Lipinski definition) is 8. The number of fused-ring (bicyclic) bond motifs is 1. The minimum Gasteiger partial charge on any atom is -0.497 e. The van der Waals surface area contributed by atoms with E-state index in [4.69, 9.17) is 14.2 Å². The molecule has 1 N–H and O–H groups in total. The normalized spacial score (nSPS) is 20.1. The lowest BCUT2D eigenvalue weighted by Crippen LogP contribution is -2.42. The molecule has 0 aliphatic carbocycles. The third-order valence-corrected chi connectivity index (χ3v) is 7.22. The predicted molar refractivity (Wildman–Crippen MR) is 148 cm³/mol. The Bertz CT molecular complexity index is 1240. The van der Waals surface area contributed by atoms with Gasteiger partial charge in [-0.1, -0.05) is 19.1 Å². The lowest BCUT2D eigenvalue weighted by Gasteiger charge is -2.40. The lowest BCUT2D eigenvalue weighted by molar-refractivity contribution is -0.133. The van der Waals surface area contributed by atoms with Crippen molar-refractivity contribution in [3.63, 3.8) is 0 Å². The Kier molecular flexibility index (Phi) is 9.24. The zero-order valence-electron chi connectivity index (χ0n) is 23.1. The maximum absolute atomic E-state index is 13.3. The Morgan fingerprint density at radius 3 is 2.44 bits per heavy atom. The van der Waals surface area contributed by atoms with Crippen LogP contribution < -0.4 is 19.5 Å². The fourth-order valence-corrected chi connectivity index (χ4v) is 5.25. The van der Waals surface area contributed by atoms with Crippen LogP contribution in [0.15, 0.2) is 48.6 Å². The van der Waals surface area contributed by atoms with Crippen molar-refractivity contribution in [3.8, 4) is 17.2 Å². The topological polar surface area (TPSA) is 97.4 Å². The van der Waals surface area contributed by atoms with Gasteiger partial charge in [0.1, 0.15) is 5.75 Å². The number of esters is 2. The number of methoxy groups -OCH3 is 1. The van der Waals surface area contributed by atoms with Crippen molar-refractivity contribution in [3.05, 3.63) is 59.7 Å². The Morgan fingerprint density at radius 1 is 1.05 bits per heavy atom. The van der Waals surface area contributed by atoms with E-state index in [1.807, 2.05) is 26.0 Å². The summed E-state index contributed by atoms with van der Waals surface area (Å²) in [6.07, 6.45) is 4.73. The number of piperidine rings is 1. The molecule has 1 saturated heterocycles. The van der Waals surface area contributed by atoms with Crippen LogP contribution in [0.3, 0.4) is 0 Å². The first kappa shape index (κ1) is 28.2. The van der Waals surface area contributed by atoms with Gasteiger partial charge in [-0.15, -0.1) is 0 Å². The number of hydrogen-bond donors (Lipinski definition) is 1. The molecule has 0 radical (unpaired) electrons. The number of nitrogens with one attached hydrogen (secondary N) is 1. The SMILES string of the molecule is CCCN1CCC(Nc2ccc(C(=O)N(CC)CC)c3c2OC(=O)/C=C/C(=O)O3)CC1c1cccc(OC)c1. The van der Waals surface area contributed by atoms with Crippen LogP contribution in [0.2, 0.25) is 0 Å². The van der Waals surface area contributed by atoms with Crippen molar-refractivity contribution in [2.24, 2.45) is 0 Å². The van der Waals surface area contributed by atoms with Gasteiger partial charge in [-0.2, -0.15) is 0 Å². The quantitative estimate of drug-likeness (QED) is 0.368. The third-order valence-electron chi connectivity index (χ3n) is 7.22. The van der Waals surface area contributed by atoms with Gasteiger partial charge >= 0.3 is 11.9 Å². The smallest absolute Gasteiger partial charge is 0.336 e. The van der Waals surface area contributed by atoms with E-state index < -0.39 is 11.9 Å². The summed E-state index contributed by atoms with van der Waals surface area (Å²) in [5.41, 5.74) is 1.84. The van der Waals surface area contributed by atoms with E-state index in [2.05, 4.69) is 29.3 Å². The summed E-state index contributed by atoms with van der Waals surface area (Å²) >= 11 is 0. The molecule has 2 aliphatic rings. The summed E-state index contributed by atoms with van der Waals surface area (Å²) in [4.78, 5) is 42.2. The Morgan fingerprint density at radius 2 is 1.77 bits per heavy atom. The Hall–Kier alpha value is -3.85. The second-order valence-corrected chi connectivity index (χ2v) is 9.67. The maximum atomic E-state index is 13.3. The van der Waals surface area contributed by atoms with Crippen LogP contribution in [0, 0.1) is 0 Å². The molecule has 2 aromatic carbocycles. The Labute approximate surface area is 229 Å². The van der Waals surface area contributed by atoms with Crippen LogP contribution in [0.1, 0.15) is 62.0 Å². The molecule has 2 heterocycles. The molecule has 1 fully saturated rings. The molecule has 208 valence electrons. The van der Waals surface area contributed by atoms with Crippen molar-refractivity contribution in [1.29, 1.82) is 0 Å². The van der Waals surface area contributed by atoms with Gasteiger partial charge in [0, 0.05) is 43.9 Å². The van der Waals surface area contributed by atoms with Gasteiger partial charge in [-0.25, -0.2) is 9.59 Å². The molecule has 0 bridgehead atoms. The highest BCUT2D eigenvalue weighted by Crippen LogP contribution is 2.42.